The summed E-state index contributed by atoms with van der Waals surface area (Å²) >= 11 is 6.04. The maximum atomic E-state index is 12.7. The van der Waals surface area contributed by atoms with Gasteiger partial charge in [-0.2, -0.15) is 4.31 Å². The zero-order valence-electron chi connectivity index (χ0n) is 15.2. The topological polar surface area (TPSA) is 80.8 Å². The lowest BCUT2D eigenvalue weighted by molar-refractivity contribution is -0.129. The number of carbonyl (C=O) groups is 2. The van der Waals surface area contributed by atoms with Gasteiger partial charge in [0.05, 0.1) is 15.5 Å². The number of hydrogen-bond donors (Lipinski definition) is 0. The molecule has 1 aliphatic heterocycles. The van der Waals surface area contributed by atoms with Crippen LogP contribution in [0.15, 0.2) is 23.1 Å². The molecule has 144 valence electrons. The van der Waals surface area contributed by atoms with E-state index in [1.54, 1.807) is 20.8 Å². The summed E-state index contributed by atoms with van der Waals surface area (Å²) in [6.07, 6.45) is 2.64. The maximum Gasteiger partial charge on any atom is 0.340 e. The van der Waals surface area contributed by atoms with Crippen molar-refractivity contribution in [2.75, 3.05) is 19.7 Å². The Morgan fingerprint density at radius 1 is 1.15 bits per heavy atom. The van der Waals surface area contributed by atoms with Gasteiger partial charge < -0.3 is 4.74 Å². The van der Waals surface area contributed by atoms with E-state index in [1.807, 2.05) is 0 Å². The van der Waals surface area contributed by atoms with Crippen molar-refractivity contribution in [3.05, 3.63) is 28.8 Å². The number of Topliss-reactive ketones (excluding diaryl/α,β-unsaturated/α-hetero) is 1. The highest BCUT2D eigenvalue weighted by Gasteiger charge is 2.28. The zero-order chi connectivity index (χ0) is 19.5. The molecule has 0 atom stereocenters. The first-order chi connectivity index (χ1) is 12.0. The zero-order valence-corrected chi connectivity index (χ0v) is 16.8. The molecular formula is C18H24ClNO5S. The van der Waals surface area contributed by atoms with Gasteiger partial charge in [0.25, 0.3) is 0 Å². The van der Waals surface area contributed by atoms with Gasteiger partial charge in [-0.25, -0.2) is 13.2 Å². The number of halogens is 1. The highest BCUT2D eigenvalue weighted by molar-refractivity contribution is 7.89. The first-order valence-corrected chi connectivity index (χ1v) is 10.4. The van der Waals surface area contributed by atoms with Crippen molar-refractivity contribution in [2.45, 2.75) is 44.9 Å². The average Bonchev–Trinajstić information content (AvgIpc) is 2.59. The fraction of sp³-hybridized carbons (Fsp3) is 0.556. The lowest BCUT2D eigenvalue weighted by Crippen LogP contribution is -2.35. The first kappa shape index (κ1) is 20.9. The van der Waals surface area contributed by atoms with E-state index in [0.29, 0.717) is 13.1 Å². The molecule has 0 bridgehead atoms. The standard InChI is InChI=1S/C18H24ClNO5S/c1-18(2,3)16(21)12-25-17(22)14-11-13(7-8-15(14)19)26(23,24)20-9-5-4-6-10-20/h7-8,11H,4-6,9-10,12H2,1-3H3. The van der Waals surface area contributed by atoms with Crippen molar-refractivity contribution in [1.82, 2.24) is 4.31 Å². The van der Waals surface area contributed by atoms with Crippen LogP contribution in [0, 0.1) is 5.41 Å². The Morgan fingerprint density at radius 3 is 2.35 bits per heavy atom. The monoisotopic (exact) mass is 401 g/mol. The Kier molecular flexibility index (Phi) is 6.47. The van der Waals surface area contributed by atoms with Crippen LogP contribution in [0.5, 0.6) is 0 Å². The van der Waals surface area contributed by atoms with Gasteiger partial charge in [-0.15, -0.1) is 0 Å². The summed E-state index contributed by atoms with van der Waals surface area (Å²) < 4.78 is 31.9. The molecule has 0 aromatic heterocycles. The first-order valence-electron chi connectivity index (χ1n) is 8.53. The molecule has 0 aliphatic carbocycles. The Bertz CT molecular complexity index is 792. The number of benzene rings is 1. The summed E-state index contributed by atoms with van der Waals surface area (Å²) in [6, 6.07) is 3.96. The van der Waals surface area contributed by atoms with Crippen LogP contribution in [0.2, 0.25) is 5.02 Å². The second kappa shape index (κ2) is 8.06. The number of hydrogen-bond acceptors (Lipinski definition) is 5. The fourth-order valence-corrected chi connectivity index (χ4v) is 4.24. The molecule has 0 spiro atoms. The molecule has 1 aromatic carbocycles. The predicted octanol–water partition coefficient (Wildman–Crippen LogP) is 3.29. The Balaban J connectivity index is 2.21. The van der Waals surface area contributed by atoms with Crippen molar-refractivity contribution in [2.24, 2.45) is 5.41 Å². The number of esters is 1. The molecule has 1 saturated heterocycles. The van der Waals surface area contributed by atoms with Gasteiger partial charge in [-0.05, 0) is 31.0 Å². The second-order valence-electron chi connectivity index (χ2n) is 7.36. The summed E-state index contributed by atoms with van der Waals surface area (Å²) in [6.45, 7) is 5.71. The van der Waals surface area contributed by atoms with Crippen LogP contribution < -0.4 is 0 Å². The number of ether oxygens (including phenoxy) is 1. The molecule has 0 amide bonds. The SMILES string of the molecule is CC(C)(C)C(=O)COC(=O)c1cc(S(=O)(=O)N2CCCCC2)ccc1Cl. The van der Waals surface area contributed by atoms with Gasteiger partial charge in [0, 0.05) is 18.5 Å². The summed E-state index contributed by atoms with van der Waals surface area (Å²) in [5.41, 5.74) is -0.699. The largest absolute Gasteiger partial charge is 0.454 e. The van der Waals surface area contributed by atoms with E-state index >= 15 is 0 Å². The predicted molar refractivity (Wildman–Crippen MR) is 98.8 cm³/mol. The quantitative estimate of drug-likeness (QED) is 0.707. The van der Waals surface area contributed by atoms with Crippen LogP contribution in [0.1, 0.15) is 50.4 Å². The molecule has 6 nitrogen and oxygen atoms in total. The number of nitrogens with zero attached hydrogens (tertiary/aromatic N) is 1. The Hall–Kier alpha value is -1.44. The van der Waals surface area contributed by atoms with E-state index in [0.717, 1.165) is 19.3 Å². The van der Waals surface area contributed by atoms with Crippen molar-refractivity contribution >= 4 is 33.4 Å². The van der Waals surface area contributed by atoms with Gasteiger partial charge in [-0.1, -0.05) is 38.8 Å². The fourth-order valence-electron chi connectivity index (χ4n) is 2.50. The molecule has 0 saturated carbocycles. The van der Waals surface area contributed by atoms with Crippen molar-refractivity contribution < 1.29 is 22.7 Å². The third-order valence-corrected chi connectivity index (χ3v) is 6.51. The van der Waals surface area contributed by atoms with Crippen LogP contribution in [-0.4, -0.2) is 44.2 Å². The minimum absolute atomic E-state index is 0.00195. The van der Waals surface area contributed by atoms with Gasteiger partial charge in [0.1, 0.15) is 0 Å². The minimum atomic E-state index is -3.69. The molecule has 0 radical (unpaired) electrons. The van der Waals surface area contributed by atoms with Gasteiger partial charge in [0.2, 0.25) is 10.0 Å². The summed E-state index contributed by atoms with van der Waals surface area (Å²) in [5.74, 6) is -1.05. The lowest BCUT2D eigenvalue weighted by Gasteiger charge is -2.26. The van der Waals surface area contributed by atoms with E-state index < -0.39 is 21.4 Å². The highest BCUT2D eigenvalue weighted by atomic mass is 35.5. The summed E-state index contributed by atoms with van der Waals surface area (Å²) in [5, 5.41) is 0.0794. The van der Waals surface area contributed by atoms with E-state index in [-0.39, 0.29) is 27.9 Å². The lowest BCUT2D eigenvalue weighted by atomic mass is 9.91. The van der Waals surface area contributed by atoms with E-state index in [1.165, 1.54) is 22.5 Å². The summed E-state index contributed by atoms with van der Waals surface area (Å²) in [4.78, 5) is 24.2. The molecule has 1 aromatic rings. The maximum absolute atomic E-state index is 12.7. The van der Waals surface area contributed by atoms with E-state index in [4.69, 9.17) is 16.3 Å². The van der Waals surface area contributed by atoms with Crippen LogP contribution in [-0.2, 0) is 19.6 Å². The molecule has 0 unspecified atom stereocenters. The normalized spacial score (nSPS) is 16.3. The number of sulfonamides is 1. The van der Waals surface area contributed by atoms with Gasteiger partial charge >= 0.3 is 5.97 Å². The number of rotatable bonds is 5. The van der Waals surface area contributed by atoms with Gasteiger partial charge in [-0.3, -0.25) is 4.79 Å². The van der Waals surface area contributed by atoms with E-state index in [9.17, 15) is 18.0 Å². The molecule has 8 heteroatoms. The summed E-state index contributed by atoms with van der Waals surface area (Å²) in [7, 11) is -3.69. The van der Waals surface area contributed by atoms with Crippen molar-refractivity contribution in [3.8, 4) is 0 Å². The molecule has 2 rings (SSSR count). The second-order valence-corrected chi connectivity index (χ2v) is 9.70. The van der Waals surface area contributed by atoms with Crippen LogP contribution in [0.4, 0.5) is 0 Å². The highest BCUT2D eigenvalue weighted by Crippen LogP contribution is 2.26. The van der Waals surface area contributed by atoms with Crippen LogP contribution in [0.25, 0.3) is 0 Å². The van der Waals surface area contributed by atoms with Crippen molar-refractivity contribution in [3.63, 3.8) is 0 Å². The smallest absolute Gasteiger partial charge is 0.340 e. The molecule has 0 N–H and O–H groups in total. The Labute approximate surface area is 159 Å². The molecule has 26 heavy (non-hydrogen) atoms. The molecule has 1 aliphatic rings. The molecule has 1 heterocycles. The van der Waals surface area contributed by atoms with Crippen LogP contribution >= 0.6 is 11.6 Å². The van der Waals surface area contributed by atoms with Crippen LogP contribution in [0.3, 0.4) is 0 Å². The third-order valence-electron chi connectivity index (χ3n) is 4.28. The molecule has 1 fully saturated rings. The third kappa shape index (κ3) is 4.84. The number of piperidine rings is 1. The molecular weight excluding hydrogens is 378 g/mol. The average molecular weight is 402 g/mol. The number of ketones is 1. The number of carbonyl (C=O) groups excluding carboxylic acids is 2. The minimum Gasteiger partial charge on any atom is -0.454 e. The van der Waals surface area contributed by atoms with Gasteiger partial charge in [0.15, 0.2) is 12.4 Å². The van der Waals surface area contributed by atoms with Crippen molar-refractivity contribution in [1.29, 1.82) is 0 Å². The Morgan fingerprint density at radius 2 is 1.77 bits per heavy atom. The van der Waals surface area contributed by atoms with E-state index in [2.05, 4.69) is 0 Å².